The Labute approximate surface area is 116 Å². The maximum absolute atomic E-state index is 12.4. The number of hydrogen-bond acceptors (Lipinski definition) is 3. The molecule has 0 fully saturated rings. The van der Waals surface area contributed by atoms with Crippen LogP contribution in [0, 0.1) is 13.8 Å². The van der Waals surface area contributed by atoms with Gasteiger partial charge in [0.1, 0.15) is 0 Å². The summed E-state index contributed by atoms with van der Waals surface area (Å²) in [4.78, 5) is 19.9. The minimum Gasteiger partial charge on any atom is -0.362 e. The molecule has 1 rings (SSSR count). The second-order valence-electron chi connectivity index (χ2n) is 5.59. The normalized spacial score (nSPS) is 13.3. The number of rotatable bonds is 7. The zero-order valence-electron chi connectivity index (χ0n) is 13.1. The first-order valence-electron chi connectivity index (χ1n) is 6.93. The molecule has 1 aromatic rings. The average molecular weight is 265 g/mol. The first kappa shape index (κ1) is 15.9. The number of ketones is 1. The number of aromatic nitrogens is 1. The summed E-state index contributed by atoms with van der Waals surface area (Å²) in [6.45, 7) is 10.6. The van der Waals surface area contributed by atoms with Crippen molar-refractivity contribution in [2.45, 2.75) is 33.7 Å². The number of aromatic amines is 1. The third kappa shape index (κ3) is 4.48. The van der Waals surface area contributed by atoms with Crippen LogP contribution < -0.4 is 0 Å². The van der Waals surface area contributed by atoms with Crippen LogP contribution in [-0.2, 0) is 0 Å². The fourth-order valence-corrected chi connectivity index (χ4v) is 2.51. The van der Waals surface area contributed by atoms with Gasteiger partial charge in [0, 0.05) is 29.5 Å². The lowest BCUT2D eigenvalue weighted by Crippen LogP contribution is -2.42. The van der Waals surface area contributed by atoms with Crippen molar-refractivity contribution in [2.75, 3.05) is 33.7 Å². The molecule has 19 heavy (non-hydrogen) atoms. The average Bonchev–Trinajstić information content (AvgIpc) is 2.64. The van der Waals surface area contributed by atoms with Gasteiger partial charge in [-0.2, -0.15) is 0 Å². The second kappa shape index (κ2) is 6.87. The smallest absolute Gasteiger partial charge is 0.178 e. The largest absolute Gasteiger partial charge is 0.362 e. The molecule has 0 saturated carbocycles. The molecular weight excluding hydrogens is 238 g/mol. The first-order chi connectivity index (χ1) is 8.85. The fraction of sp³-hybridized carbons (Fsp3) is 0.667. The van der Waals surface area contributed by atoms with Crippen LogP contribution in [0.25, 0.3) is 0 Å². The molecule has 0 amide bonds. The second-order valence-corrected chi connectivity index (χ2v) is 5.59. The fourth-order valence-electron chi connectivity index (χ4n) is 2.51. The standard InChI is InChI=1S/C15H27N3O/c1-7-18(12(3)9-17(5)6)10-15(19)14-8-11(2)16-13(14)4/h8,12,16H,7,9-10H2,1-6H3. The summed E-state index contributed by atoms with van der Waals surface area (Å²) in [7, 11) is 4.12. The Morgan fingerprint density at radius 3 is 2.42 bits per heavy atom. The van der Waals surface area contributed by atoms with Gasteiger partial charge in [-0.25, -0.2) is 0 Å². The summed E-state index contributed by atoms with van der Waals surface area (Å²) < 4.78 is 0. The van der Waals surface area contributed by atoms with Crippen LogP contribution >= 0.6 is 0 Å². The summed E-state index contributed by atoms with van der Waals surface area (Å²) in [6, 6.07) is 2.33. The minimum atomic E-state index is 0.203. The lowest BCUT2D eigenvalue weighted by molar-refractivity contribution is 0.0888. The first-order valence-corrected chi connectivity index (χ1v) is 6.93. The lowest BCUT2D eigenvalue weighted by Gasteiger charge is -2.29. The van der Waals surface area contributed by atoms with Crippen molar-refractivity contribution in [3.8, 4) is 0 Å². The van der Waals surface area contributed by atoms with E-state index in [1.165, 1.54) is 0 Å². The van der Waals surface area contributed by atoms with E-state index < -0.39 is 0 Å². The maximum atomic E-state index is 12.4. The molecule has 1 N–H and O–H groups in total. The molecule has 0 bridgehead atoms. The Balaban J connectivity index is 2.70. The zero-order valence-corrected chi connectivity index (χ0v) is 13.1. The zero-order chi connectivity index (χ0) is 14.6. The van der Waals surface area contributed by atoms with Crippen molar-refractivity contribution in [2.24, 2.45) is 0 Å². The number of carbonyl (C=O) groups is 1. The summed E-state index contributed by atoms with van der Waals surface area (Å²) >= 11 is 0. The van der Waals surface area contributed by atoms with Crippen LogP contribution in [0.4, 0.5) is 0 Å². The SMILES string of the molecule is CCN(CC(=O)c1cc(C)[nH]c1C)C(C)CN(C)C. The third-order valence-electron chi connectivity index (χ3n) is 3.46. The maximum Gasteiger partial charge on any atom is 0.178 e. The van der Waals surface area contributed by atoms with Crippen LogP contribution in [0.5, 0.6) is 0 Å². The van der Waals surface area contributed by atoms with E-state index in [4.69, 9.17) is 0 Å². The van der Waals surface area contributed by atoms with Crippen LogP contribution in [0.3, 0.4) is 0 Å². The predicted molar refractivity (Wildman–Crippen MR) is 79.9 cm³/mol. The molecular formula is C15H27N3O. The topological polar surface area (TPSA) is 39.3 Å². The van der Waals surface area contributed by atoms with Gasteiger partial charge in [0.05, 0.1) is 6.54 Å². The molecule has 108 valence electrons. The van der Waals surface area contributed by atoms with Gasteiger partial charge in [0.2, 0.25) is 0 Å². The number of hydrogen-bond donors (Lipinski definition) is 1. The number of nitrogens with zero attached hydrogens (tertiary/aromatic N) is 2. The van der Waals surface area contributed by atoms with Crippen molar-refractivity contribution in [3.05, 3.63) is 23.0 Å². The highest BCUT2D eigenvalue weighted by molar-refractivity contribution is 5.98. The van der Waals surface area contributed by atoms with Crippen molar-refractivity contribution >= 4 is 5.78 Å². The van der Waals surface area contributed by atoms with Gasteiger partial charge >= 0.3 is 0 Å². The molecule has 0 aromatic carbocycles. The number of nitrogens with one attached hydrogen (secondary N) is 1. The van der Waals surface area contributed by atoms with E-state index in [2.05, 4.69) is 42.7 Å². The van der Waals surface area contributed by atoms with Gasteiger partial charge in [-0.1, -0.05) is 6.92 Å². The number of aryl methyl sites for hydroxylation is 2. The van der Waals surface area contributed by atoms with Gasteiger partial charge in [-0.3, -0.25) is 9.69 Å². The van der Waals surface area contributed by atoms with Crippen LogP contribution in [0.1, 0.15) is 35.6 Å². The number of H-pyrrole nitrogens is 1. The highest BCUT2D eigenvalue weighted by Crippen LogP contribution is 2.12. The molecule has 0 aliphatic carbocycles. The van der Waals surface area contributed by atoms with E-state index in [-0.39, 0.29) is 5.78 Å². The van der Waals surface area contributed by atoms with E-state index in [1.807, 2.05) is 19.9 Å². The van der Waals surface area contributed by atoms with Gasteiger partial charge in [-0.15, -0.1) is 0 Å². The molecule has 0 aliphatic rings. The quantitative estimate of drug-likeness (QED) is 0.767. The molecule has 0 spiro atoms. The van der Waals surface area contributed by atoms with Gasteiger partial charge in [0.25, 0.3) is 0 Å². The number of carbonyl (C=O) groups excluding carboxylic acids is 1. The lowest BCUT2D eigenvalue weighted by atomic mass is 10.1. The highest BCUT2D eigenvalue weighted by atomic mass is 16.1. The molecule has 1 aromatic heterocycles. The van der Waals surface area contributed by atoms with Gasteiger partial charge in [-0.05, 0) is 47.5 Å². The van der Waals surface area contributed by atoms with E-state index in [1.54, 1.807) is 0 Å². The van der Waals surface area contributed by atoms with Gasteiger partial charge < -0.3 is 9.88 Å². The molecule has 0 aliphatic heterocycles. The Morgan fingerprint density at radius 1 is 1.37 bits per heavy atom. The van der Waals surface area contributed by atoms with Crippen LogP contribution in [0.2, 0.25) is 0 Å². The van der Waals surface area contributed by atoms with Crippen molar-refractivity contribution in [1.29, 1.82) is 0 Å². The Kier molecular flexibility index (Phi) is 5.76. The summed E-state index contributed by atoms with van der Waals surface area (Å²) in [6.07, 6.45) is 0. The molecule has 4 heteroatoms. The Morgan fingerprint density at radius 2 is 2.00 bits per heavy atom. The van der Waals surface area contributed by atoms with Crippen LogP contribution in [0.15, 0.2) is 6.07 Å². The monoisotopic (exact) mass is 265 g/mol. The highest BCUT2D eigenvalue weighted by Gasteiger charge is 2.19. The summed E-state index contributed by atoms with van der Waals surface area (Å²) in [5.41, 5.74) is 2.84. The Hall–Kier alpha value is -1.13. The molecule has 1 heterocycles. The third-order valence-corrected chi connectivity index (χ3v) is 3.46. The number of likely N-dealkylation sites (N-methyl/N-ethyl adjacent to an activating group) is 2. The minimum absolute atomic E-state index is 0.203. The van der Waals surface area contributed by atoms with Gasteiger partial charge in [0.15, 0.2) is 5.78 Å². The van der Waals surface area contributed by atoms with Crippen LogP contribution in [-0.4, -0.2) is 60.3 Å². The molecule has 1 unspecified atom stereocenters. The summed E-state index contributed by atoms with van der Waals surface area (Å²) in [5.74, 6) is 0.203. The van der Waals surface area contributed by atoms with E-state index in [0.29, 0.717) is 12.6 Å². The molecule has 0 radical (unpaired) electrons. The molecule has 1 atom stereocenters. The Bertz CT molecular complexity index is 423. The van der Waals surface area contributed by atoms with E-state index in [0.717, 1.165) is 30.0 Å². The molecule has 4 nitrogen and oxygen atoms in total. The summed E-state index contributed by atoms with van der Waals surface area (Å²) in [5, 5.41) is 0. The van der Waals surface area contributed by atoms with Crippen molar-refractivity contribution < 1.29 is 4.79 Å². The van der Waals surface area contributed by atoms with E-state index in [9.17, 15) is 4.79 Å². The molecule has 0 saturated heterocycles. The number of Topliss-reactive ketones (excluding diaryl/α,β-unsaturated/α-hetero) is 1. The predicted octanol–water partition coefficient (Wildman–Crippen LogP) is 2.09. The van der Waals surface area contributed by atoms with E-state index >= 15 is 0 Å². The van der Waals surface area contributed by atoms with Crippen molar-refractivity contribution in [3.63, 3.8) is 0 Å². The van der Waals surface area contributed by atoms with Crippen molar-refractivity contribution in [1.82, 2.24) is 14.8 Å².